The second kappa shape index (κ2) is 6.79. The molecule has 0 amide bonds. The van der Waals surface area contributed by atoms with Crippen molar-refractivity contribution < 1.29 is 9.53 Å². The van der Waals surface area contributed by atoms with E-state index in [0.29, 0.717) is 6.42 Å². The zero-order chi connectivity index (χ0) is 11.9. The van der Waals surface area contributed by atoms with Gasteiger partial charge in [0.15, 0.2) is 5.12 Å². The molecule has 1 aliphatic heterocycles. The minimum atomic E-state index is 0.239. The van der Waals surface area contributed by atoms with Crippen LogP contribution in [-0.2, 0) is 16.0 Å². The summed E-state index contributed by atoms with van der Waals surface area (Å²) in [6.45, 7) is 3.44. The van der Waals surface area contributed by atoms with Crippen LogP contribution >= 0.6 is 11.8 Å². The Labute approximate surface area is 106 Å². The first kappa shape index (κ1) is 12.6. The summed E-state index contributed by atoms with van der Waals surface area (Å²) >= 11 is 1.41. The van der Waals surface area contributed by atoms with Crippen LogP contribution in [0.15, 0.2) is 30.3 Å². The van der Waals surface area contributed by atoms with Gasteiger partial charge in [-0.3, -0.25) is 9.69 Å². The molecule has 0 saturated carbocycles. The summed E-state index contributed by atoms with van der Waals surface area (Å²) in [5, 5.41) is 0.239. The first-order chi connectivity index (χ1) is 8.34. The molecule has 3 nitrogen and oxygen atoms in total. The maximum absolute atomic E-state index is 11.8. The number of carbonyl (C=O) groups is 1. The first-order valence-corrected chi connectivity index (χ1v) is 6.83. The van der Waals surface area contributed by atoms with Gasteiger partial charge in [-0.1, -0.05) is 42.1 Å². The maximum Gasteiger partial charge on any atom is 0.194 e. The molecule has 0 bridgehead atoms. The number of hydrogen-bond donors (Lipinski definition) is 0. The Morgan fingerprint density at radius 1 is 1.24 bits per heavy atom. The zero-order valence-electron chi connectivity index (χ0n) is 9.80. The van der Waals surface area contributed by atoms with Crippen molar-refractivity contribution in [2.24, 2.45) is 0 Å². The van der Waals surface area contributed by atoms with E-state index in [1.54, 1.807) is 0 Å². The molecule has 1 aliphatic rings. The van der Waals surface area contributed by atoms with E-state index < -0.39 is 0 Å². The number of morpholine rings is 1. The molecule has 0 N–H and O–H groups in total. The van der Waals surface area contributed by atoms with Gasteiger partial charge in [0, 0.05) is 19.5 Å². The average Bonchev–Trinajstić information content (AvgIpc) is 2.39. The maximum atomic E-state index is 11.8. The van der Waals surface area contributed by atoms with E-state index >= 15 is 0 Å². The standard InChI is InChI=1S/C13H17NO2S/c15-13(10-12-4-2-1-3-5-12)17-11-14-6-8-16-9-7-14/h1-5H,6-11H2. The van der Waals surface area contributed by atoms with Crippen molar-refractivity contribution in [2.75, 3.05) is 32.2 Å². The van der Waals surface area contributed by atoms with Gasteiger partial charge in [-0.05, 0) is 5.56 Å². The van der Waals surface area contributed by atoms with E-state index in [4.69, 9.17) is 4.74 Å². The molecular formula is C13H17NO2S. The summed E-state index contributed by atoms with van der Waals surface area (Å²) in [4.78, 5) is 14.0. The minimum Gasteiger partial charge on any atom is -0.379 e. The van der Waals surface area contributed by atoms with Crippen LogP contribution < -0.4 is 0 Å². The molecule has 0 atom stereocenters. The van der Waals surface area contributed by atoms with Gasteiger partial charge in [0.1, 0.15) is 0 Å². The number of hydrogen-bond acceptors (Lipinski definition) is 4. The molecule has 17 heavy (non-hydrogen) atoms. The second-order valence-electron chi connectivity index (χ2n) is 4.04. The summed E-state index contributed by atoms with van der Waals surface area (Å²) < 4.78 is 5.27. The second-order valence-corrected chi connectivity index (χ2v) is 5.04. The molecule has 4 heteroatoms. The summed E-state index contributed by atoms with van der Waals surface area (Å²) in [5.74, 6) is 0.787. The van der Waals surface area contributed by atoms with E-state index in [-0.39, 0.29) is 5.12 Å². The molecule has 1 fully saturated rings. The first-order valence-electron chi connectivity index (χ1n) is 5.84. The van der Waals surface area contributed by atoms with Gasteiger partial charge in [-0.25, -0.2) is 0 Å². The van der Waals surface area contributed by atoms with E-state index in [1.165, 1.54) is 11.8 Å². The fourth-order valence-electron chi connectivity index (χ4n) is 1.71. The van der Waals surface area contributed by atoms with E-state index in [1.807, 2.05) is 30.3 Å². The average molecular weight is 251 g/mol. The van der Waals surface area contributed by atoms with Gasteiger partial charge < -0.3 is 4.74 Å². The number of benzene rings is 1. The third-order valence-electron chi connectivity index (χ3n) is 2.70. The summed E-state index contributed by atoms with van der Waals surface area (Å²) in [7, 11) is 0. The summed E-state index contributed by atoms with van der Waals surface area (Å²) in [6.07, 6.45) is 0.524. The Kier molecular flexibility index (Phi) is 5.04. The lowest BCUT2D eigenvalue weighted by Gasteiger charge is -2.25. The van der Waals surface area contributed by atoms with Crippen LogP contribution in [0.3, 0.4) is 0 Å². The predicted octanol–water partition coefficient (Wildman–Crippen LogP) is 1.78. The molecule has 1 heterocycles. The molecule has 0 radical (unpaired) electrons. The molecule has 1 aromatic rings. The van der Waals surface area contributed by atoms with E-state index in [0.717, 1.165) is 37.7 Å². The fourth-order valence-corrected chi connectivity index (χ4v) is 2.56. The molecular weight excluding hydrogens is 234 g/mol. The van der Waals surface area contributed by atoms with Crippen LogP contribution in [0.25, 0.3) is 0 Å². The number of carbonyl (C=O) groups excluding carboxylic acids is 1. The Morgan fingerprint density at radius 2 is 1.94 bits per heavy atom. The van der Waals surface area contributed by atoms with Crippen LogP contribution in [0.4, 0.5) is 0 Å². The highest BCUT2D eigenvalue weighted by Gasteiger charge is 2.12. The lowest BCUT2D eigenvalue weighted by Crippen LogP contribution is -2.36. The Hall–Kier alpha value is -0.840. The third-order valence-corrected chi connectivity index (χ3v) is 3.66. The van der Waals surface area contributed by atoms with Crippen LogP contribution in [0.1, 0.15) is 5.56 Å². The highest BCUT2D eigenvalue weighted by Crippen LogP contribution is 2.11. The Morgan fingerprint density at radius 3 is 2.65 bits per heavy atom. The SMILES string of the molecule is O=C(Cc1ccccc1)SCN1CCOCC1. The number of thioether (sulfide) groups is 1. The smallest absolute Gasteiger partial charge is 0.194 e. The molecule has 1 aromatic carbocycles. The minimum absolute atomic E-state index is 0.239. The number of rotatable bonds is 4. The monoisotopic (exact) mass is 251 g/mol. The van der Waals surface area contributed by atoms with Crippen LogP contribution in [-0.4, -0.2) is 42.2 Å². The Bertz CT molecular complexity index is 350. The lowest BCUT2D eigenvalue weighted by molar-refractivity contribution is -0.110. The number of nitrogens with zero attached hydrogens (tertiary/aromatic N) is 1. The quantitative estimate of drug-likeness (QED) is 0.816. The van der Waals surface area contributed by atoms with Crippen molar-refractivity contribution in [3.05, 3.63) is 35.9 Å². The Balaban J connectivity index is 1.70. The highest BCUT2D eigenvalue weighted by molar-refractivity contribution is 8.13. The van der Waals surface area contributed by atoms with Crippen molar-refractivity contribution in [1.82, 2.24) is 4.90 Å². The van der Waals surface area contributed by atoms with Gasteiger partial charge in [0.05, 0.1) is 19.1 Å². The highest BCUT2D eigenvalue weighted by atomic mass is 32.2. The van der Waals surface area contributed by atoms with Crippen LogP contribution in [0.2, 0.25) is 0 Å². The topological polar surface area (TPSA) is 29.5 Å². The van der Waals surface area contributed by atoms with Gasteiger partial charge >= 0.3 is 0 Å². The van der Waals surface area contributed by atoms with Crippen molar-refractivity contribution in [1.29, 1.82) is 0 Å². The van der Waals surface area contributed by atoms with Gasteiger partial charge in [-0.2, -0.15) is 0 Å². The lowest BCUT2D eigenvalue weighted by atomic mass is 10.2. The van der Waals surface area contributed by atoms with Crippen molar-refractivity contribution in [2.45, 2.75) is 6.42 Å². The van der Waals surface area contributed by atoms with Gasteiger partial charge in [-0.15, -0.1) is 0 Å². The van der Waals surface area contributed by atoms with Crippen LogP contribution in [0, 0.1) is 0 Å². The normalized spacial score (nSPS) is 16.9. The summed E-state index contributed by atoms with van der Waals surface area (Å²) in [5.41, 5.74) is 1.09. The molecule has 2 rings (SSSR count). The van der Waals surface area contributed by atoms with Gasteiger partial charge in [0.25, 0.3) is 0 Å². The summed E-state index contributed by atoms with van der Waals surface area (Å²) in [6, 6.07) is 9.89. The van der Waals surface area contributed by atoms with Crippen LogP contribution in [0.5, 0.6) is 0 Å². The zero-order valence-corrected chi connectivity index (χ0v) is 10.6. The fraction of sp³-hybridized carbons (Fsp3) is 0.462. The molecule has 92 valence electrons. The molecule has 0 aromatic heterocycles. The largest absolute Gasteiger partial charge is 0.379 e. The van der Waals surface area contributed by atoms with Crippen molar-refractivity contribution >= 4 is 16.9 Å². The third kappa shape index (κ3) is 4.50. The molecule has 0 unspecified atom stereocenters. The molecule has 0 aliphatic carbocycles. The molecule has 0 spiro atoms. The van der Waals surface area contributed by atoms with E-state index in [2.05, 4.69) is 4.90 Å². The van der Waals surface area contributed by atoms with Crippen molar-refractivity contribution in [3.63, 3.8) is 0 Å². The predicted molar refractivity (Wildman–Crippen MR) is 70.0 cm³/mol. The number of ether oxygens (including phenoxy) is 1. The molecule has 1 saturated heterocycles. The van der Waals surface area contributed by atoms with E-state index in [9.17, 15) is 4.79 Å². The van der Waals surface area contributed by atoms with Gasteiger partial charge in [0.2, 0.25) is 0 Å². The van der Waals surface area contributed by atoms with Crippen molar-refractivity contribution in [3.8, 4) is 0 Å².